The van der Waals surface area contributed by atoms with Crippen LogP contribution in [0.5, 0.6) is 0 Å². The van der Waals surface area contributed by atoms with Crippen molar-refractivity contribution < 1.29 is 13.2 Å². The van der Waals surface area contributed by atoms with E-state index in [-0.39, 0.29) is 10.8 Å². The number of hydrogen-bond donors (Lipinski definition) is 0. The topological polar surface area (TPSA) is 89.7 Å². The molecule has 0 atom stereocenters. The average molecular weight is 414 g/mol. The van der Waals surface area contributed by atoms with Gasteiger partial charge in [-0.25, -0.2) is 8.42 Å². The van der Waals surface area contributed by atoms with Crippen LogP contribution in [0.4, 0.5) is 0 Å². The first-order valence-corrected chi connectivity index (χ1v) is 11.1. The molecule has 2 heterocycles. The lowest BCUT2D eigenvalue weighted by Gasteiger charge is -2.26. The Labute approximate surface area is 169 Å². The summed E-state index contributed by atoms with van der Waals surface area (Å²) in [6.07, 6.45) is 0. The second-order valence-corrected chi connectivity index (χ2v) is 8.97. The van der Waals surface area contributed by atoms with Gasteiger partial charge in [-0.05, 0) is 31.2 Å². The molecule has 0 bridgehead atoms. The number of fused-ring (bicyclic) bond motifs is 1. The molecule has 1 aliphatic rings. The van der Waals surface area contributed by atoms with E-state index in [0.29, 0.717) is 25.6 Å². The zero-order valence-electron chi connectivity index (χ0n) is 16.2. The van der Waals surface area contributed by atoms with Crippen LogP contribution in [0, 0.1) is 6.92 Å². The normalized spacial score (nSPS) is 16.4. The highest BCUT2D eigenvalue weighted by molar-refractivity contribution is 7.91. The maximum atomic E-state index is 12.8. The molecule has 1 aliphatic heterocycles. The zero-order chi connectivity index (χ0) is 20.3. The molecule has 2 aromatic carbocycles. The SMILES string of the molecule is Cc1ccc(S(=O)(=O)C/N=C(\CN2CCOCC2)n2nnc3ccccc32)cc1. The number of aromatic nitrogens is 3. The maximum absolute atomic E-state index is 12.8. The fraction of sp³-hybridized carbons (Fsp3) is 0.350. The van der Waals surface area contributed by atoms with E-state index >= 15 is 0 Å². The second-order valence-electron chi connectivity index (χ2n) is 7.01. The van der Waals surface area contributed by atoms with E-state index in [9.17, 15) is 8.42 Å². The predicted molar refractivity (Wildman–Crippen MR) is 111 cm³/mol. The average Bonchev–Trinajstić information content (AvgIpc) is 3.16. The molecule has 0 radical (unpaired) electrons. The van der Waals surface area contributed by atoms with Crippen LogP contribution in [-0.4, -0.2) is 72.9 Å². The fourth-order valence-corrected chi connectivity index (χ4v) is 4.20. The third-order valence-electron chi connectivity index (χ3n) is 4.86. The summed E-state index contributed by atoms with van der Waals surface area (Å²) in [5, 5.41) is 8.41. The molecular formula is C20H23N5O3S. The van der Waals surface area contributed by atoms with E-state index in [2.05, 4.69) is 20.2 Å². The van der Waals surface area contributed by atoms with Crippen molar-refractivity contribution >= 4 is 26.7 Å². The second kappa shape index (κ2) is 8.40. The van der Waals surface area contributed by atoms with Gasteiger partial charge in [-0.2, -0.15) is 4.68 Å². The Bertz CT molecular complexity index is 1120. The molecule has 4 rings (SSSR count). The van der Waals surface area contributed by atoms with Crippen molar-refractivity contribution in [3.63, 3.8) is 0 Å². The van der Waals surface area contributed by atoms with Gasteiger partial charge in [-0.1, -0.05) is 35.0 Å². The van der Waals surface area contributed by atoms with Crippen molar-refractivity contribution in [1.82, 2.24) is 19.9 Å². The van der Waals surface area contributed by atoms with Gasteiger partial charge >= 0.3 is 0 Å². The predicted octanol–water partition coefficient (Wildman–Crippen LogP) is 1.75. The summed E-state index contributed by atoms with van der Waals surface area (Å²) in [7, 11) is -3.55. The Hall–Kier alpha value is -2.62. The number of morpholine rings is 1. The van der Waals surface area contributed by atoms with Crippen molar-refractivity contribution in [2.45, 2.75) is 11.8 Å². The molecule has 0 saturated carbocycles. The summed E-state index contributed by atoms with van der Waals surface area (Å²) in [5.41, 5.74) is 2.55. The van der Waals surface area contributed by atoms with E-state index in [1.54, 1.807) is 28.9 Å². The first-order chi connectivity index (χ1) is 14.0. The Morgan fingerprint density at radius 1 is 1.10 bits per heavy atom. The molecule has 0 aliphatic carbocycles. The lowest BCUT2D eigenvalue weighted by atomic mass is 10.2. The number of ether oxygens (including phenoxy) is 1. The highest BCUT2D eigenvalue weighted by Gasteiger charge is 2.19. The van der Waals surface area contributed by atoms with Crippen LogP contribution in [0.2, 0.25) is 0 Å². The van der Waals surface area contributed by atoms with Crippen LogP contribution >= 0.6 is 0 Å². The summed E-state index contributed by atoms with van der Waals surface area (Å²) < 4.78 is 32.6. The Kier molecular flexibility index (Phi) is 5.70. The van der Waals surface area contributed by atoms with E-state index in [1.807, 2.05) is 31.2 Å². The summed E-state index contributed by atoms with van der Waals surface area (Å²) in [4.78, 5) is 6.93. The number of benzene rings is 2. The van der Waals surface area contributed by atoms with Crippen molar-refractivity contribution in [2.24, 2.45) is 4.99 Å². The molecule has 0 spiro atoms. The van der Waals surface area contributed by atoms with Gasteiger partial charge < -0.3 is 4.74 Å². The summed E-state index contributed by atoms with van der Waals surface area (Å²) in [5.74, 6) is 0.209. The highest BCUT2D eigenvalue weighted by atomic mass is 32.2. The van der Waals surface area contributed by atoms with Gasteiger partial charge in [-0.15, -0.1) is 5.10 Å². The van der Waals surface area contributed by atoms with Gasteiger partial charge in [0, 0.05) is 13.1 Å². The monoisotopic (exact) mass is 413 g/mol. The molecule has 8 nitrogen and oxygen atoms in total. The minimum atomic E-state index is -3.55. The van der Waals surface area contributed by atoms with Crippen LogP contribution in [0.25, 0.3) is 11.0 Å². The van der Waals surface area contributed by atoms with Crippen LogP contribution in [0.3, 0.4) is 0 Å². The molecule has 3 aromatic rings. The Morgan fingerprint density at radius 2 is 1.83 bits per heavy atom. The first kappa shape index (κ1) is 19.7. The molecule has 152 valence electrons. The number of sulfone groups is 1. The van der Waals surface area contributed by atoms with Gasteiger partial charge in [0.1, 0.15) is 17.2 Å². The van der Waals surface area contributed by atoms with Gasteiger partial charge in [0.15, 0.2) is 9.84 Å². The Morgan fingerprint density at radius 3 is 2.59 bits per heavy atom. The molecule has 0 amide bonds. The molecule has 1 fully saturated rings. The minimum absolute atomic E-state index is 0.265. The van der Waals surface area contributed by atoms with E-state index < -0.39 is 9.84 Å². The molecule has 1 saturated heterocycles. The van der Waals surface area contributed by atoms with Gasteiger partial charge in [0.05, 0.1) is 30.2 Å². The molecule has 29 heavy (non-hydrogen) atoms. The largest absolute Gasteiger partial charge is 0.379 e. The van der Waals surface area contributed by atoms with Gasteiger partial charge in [-0.3, -0.25) is 9.89 Å². The van der Waals surface area contributed by atoms with Crippen LogP contribution in [0.1, 0.15) is 5.56 Å². The number of aliphatic imine (C=N–C) groups is 1. The number of para-hydroxylation sites is 1. The molecule has 0 unspecified atom stereocenters. The standard InChI is InChI=1S/C20H23N5O3S/c1-16-6-8-17(9-7-16)29(26,27)15-21-20(14-24-10-12-28-13-11-24)25-19-5-3-2-4-18(19)22-23-25/h2-9H,10-15H2,1H3/b21-20+. The molecule has 9 heteroatoms. The third-order valence-corrected chi connectivity index (χ3v) is 6.32. The Balaban J connectivity index is 1.66. The molecule has 1 aromatic heterocycles. The molecule has 0 N–H and O–H groups in total. The van der Waals surface area contributed by atoms with Crippen molar-refractivity contribution in [1.29, 1.82) is 0 Å². The van der Waals surface area contributed by atoms with Gasteiger partial charge in [0.25, 0.3) is 0 Å². The summed E-state index contributed by atoms with van der Waals surface area (Å²) >= 11 is 0. The van der Waals surface area contributed by atoms with E-state index in [0.717, 1.165) is 29.7 Å². The highest BCUT2D eigenvalue weighted by Crippen LogP contribution is 2.14. The minimum Gasteiger partial charge on any atom is -0.379 e. The van der Waals surface area contributed by atoms with E-state index in [1.165, 1.54) is 0 Å². The van der Waals surface area contributed by atoms with E-state index in [4.69, 9.17) is 4.74 Å². The van der Waals surface area contributed by atoms with Crippen LogP contribution in [0.15, 0.2) is 58.4 Å². The molecular weight excluding hydrogens is 390 g/mol. The first-order valence-electron chi connectivity index (χ1n) is 9.47. The zero-order valence-corrected chi connectivity index (χ0v) is 17.0. The fourth-order valence-electron chi connectivity index (χ4n) is 3.18. The smallest absolute Gasteiger partial charge is 0.198 e. The summed E-state index contributed by atoms with van der Waals surface area (Å²) in [6, 6.07) is 14.4. The number of nitrogens with zero attached hydrogens (tertiary/aromatic N) is 5. The van der Waals surface area contributed by atoms with Crippen LogP contribution < -0.4 is 0 Å². The quantitative estimate of drug-likeness (QED) is 0.468. The van der Waals surface area contributed by atoms with Crippen molar-refractivity contribution in [2.75, 3.05) is 38.7 Å². The van der Waals surface area contributed by atoms with Gasteiger partial charge in [0.2, 0.25) is 0 Å². The number of hydrogen-bond acceptors (Lipinski definition) is 7. The lowest BCUT2D eigenvalue weighted by Crippen LogP contribution is -2.41. The third kappa shape index (κ3) is 4.52. The number of rotatable bonds is 5. The number of aryl methyl sites for hydroxylation is 1. The summed E-state index contributed by atoms with van der Waals surface area (Å²) in [6.45, 7) is 5.21. The van der Waals surface area contributed by atoms with Crippen molar-refractivity contribution in [3.05, 3.63) is 54.1 Å². The maximum Gasteiger partial charge on any atom is 0.198 e. The van der Waals surface area contributed by atoms with Crippen molar-refractivity contribution in [3.8, 4) is 0 Å². The van der Waals surface area contributed by atoms with Crippen LogP contribution in [-0.2, 0) is 14.6 Å². The lowest BCUT2D eigenvalue weighted by molar-refractivity contribution is 0.0449.